The van der Waals surface area contributed by atoms with Gasteiger partial charge >= 0.3 is 0 Å². The predicted molar refractivity (Wildman–Crippen MR) is 98.2 cm³/mol. The summed E-state index contributed by atoms with van der Waals surface area (Å²) in [6.45, 7) is 1.08. The number of amides is 1. The van der Waals surface area contributed by atoms with E-state index in [2.05, 4.69) is 15.1 Å². The van der Waals surface area contributed by atoms with E-state index in [0.29, 0.717) is 36.3 Å². The molecule has 8 heteroatoms. The second kappa shape index (κ2) is 6.48. The van der Waals surface area contributed by atoms with Gasteiger partial charge in [0.05, 0.1) is 12.2 Å². The highest BCUT2D eigenvalue weighted by molar-refractivity contribution is 7.13. The molecule has 0 bridgehead atoms. The monoisotopic (exact) mass is 378 g/mol. The molecule has 1 aliphatic rings. The number of carbonyl (C=O) groups is 1. The van der Waals surface area contributed by atoms with Crippen molar-refractivity contribution >= 4 is 17.2 Å². The van der Waals surface area contributed by atoms with Crippen LogP contribution in [0.4, 0.5) is 0 Å². The van der Waals surface area contributed by atoms with E-state index in [-0.39, 0.29) is 11.8 Å². The molecule has 0 atom stereocenters. The topological polar surface area (TPSA) is 85.3 Å². The molecule has 1 aromatic carbocycles. The molecule has 0 saturated carbocycles. The molecule has 4 heterocycles. The predicted octanol–water partition coefficient (Wildman–Crippen LogP) is 3.69. The zero-order valence-corrected chi connectivity index (χ0v) is 14.9. The van der Waals surface area contributed by atoms with Crippen LogP contribution in [0.1, 0.15) is 22.3 Å². The van der Waals surface area contributed by atoms with Crippen molar-refractivity contribution < 1.29 is 13.7 Å². The van der Waals surface area contributed by atoms with Gasteiger partial charge in [-0.1, -0.05) is 35.5 Å². The lowest BCUT2D eigenvalue weighted by atomic mass is 10.00. The number of nitrogens with zero attached hydrogens (tertiary/aromatic N) is 4. The summed E-state index contributed by atoms with van der Waals surface area (Å²) in [4.78, 5) is 23.2. The minimum Gasteiger partial charge on any atom is -0.461 e. The SMILES string of the molecule is O=C(c1csc(-c2ccccc2)n1)N1CC(c2nc(-c3ccco3)no2)C1. The molecule has 1 aliphatic heterocycles. The molecular formula is C19H14N4O3S. The van der Waals surface area contributed by atoms with Gasteiger partial charge in [-0.05, 0) is 12.1 Å². The quantitative estimate of drug-likeness (QED) is 0.538. The Kier molecular flexibility index (Phi) is 3.83. The van der Waals surface area contributed by atoms with Crippen molar-refractivity contribution in [1.29, 1.82) is 0 Å². The number of carbonyl (C=O) groups excluding carboxylic acids is 1. The van der Waals surface area contributed by atoms with Gasteiger partial charge < -0.3 is 13.8 Å². The average molecular weight is 378 g/mol. The van der Waals surface area contributed by atoms with Gasteiger partial charge in [-0.2, -0.15) is 4.98 Å². The van der Waals surface area contributed by atoms with Gasteiger partial charge in [0.2, 0.25) is 11.7 Å². The lowest BCUT2D eigenvalue weighted by molar-refractivity contribution is 0.0564. The van der Waals surface area contributed by atoms with Crippen molar-refractivity contribution in [3.63, 3.8) is 0 Å². The van der Waals surface area contributed by atoms with E-state index >= 15 is 0 Å². The van der Waals surface area contributed by atoms with Crippen molar-refractivity contribution in [3.05, 3.63) is 65.7 Å². The van der Waals surface area contributed by atoms with Gasteiger partial charge in [-0.25, -0.2) is 4.98 Å². The van der Waals surface area contributed by atoms with Crippen molar-refractivity contribution in [3.8, 4) is 22.2 Å². The second-order valence-corrected chi connectivity index (χ2v) is 7.10. The highest BCUT2D eigenvalue weighted by Gasteiger charge is 2.37. The zero-order valence-electron chi connectivity index (χ0n) is 14.1. The van der Waals surface area contributed by atoms with Crippen LogP contribution in [-0.4, -0.2) is 39.0 Å². The number of thiazole rings is 1. The number of furan rings is 1. The molecule has 27 heavy (non-hydrogen) atoms. The molecule has 134 valence electrons. The second-order valence-electron chi connectivity index (χ2n) is 6.24. The molecule has 0 aliphatic carbocycles. The summed E-state index contributed by atoms with van der Waals surface area (Å²) in [7, 11) is 0. The van der Waals surface area contributed by atoms with Crippen LogP contribution >= 0.6 is 11.3 Å². The summed E-state index contributed by atoms with van der Waals surface area (Å²) in [5.41, 5.74) is 1.48. The molecule has 5 rings (SSSR count). The Balaban J connectivity index is 1.25. The maximum absolute atomic E-state index is 12.6. The van der Waals surface area contributed by atoms with E-state index < -0.39 is 0 Å². The fourth-order valence-electron chi connectivity index (χ4n) is 2.95. The molecule has 1 fully saturated rings. The van der Waals surface area contributed by atoms with Crippen LogP contribution in [-0.2, 0) is 0 Å². The van der Waals surface area contributed by atoms with Gasteiger partial charge in [0.25, 0.3) is 5.91 Å². The van der Waals surface area contributed by atoms with Crippen molar-refractivity contribution in [1.82, 2.24) is 20.0 Å². The van der Waals surface area contributed by atoms with E-state index in [1.54, 1.807) is 28.7 Å². The molecule has 3 aromatic heterocycles. The first-order chi connectivity index (χ1) is 13.3. The van der Waals surface area contributed by atoms with E-state index in [4.69, 9.17) is 8.94 Å². The van der Waals surface area contributed by atoms with Crippen LogP contribution in [0, 0.1) is 0 Å². The molecule has 0 N–H and O–H groups in total. The average Bonchev–Trinajstić information content (AvgIpc) is 3.41. The Morgan fingerprint density at radius 2 is 1.96 bits per heavy atom. The van der Waals surface area contributed by atoms with Crippen LogP contribution in [0.5, 0.6) is 0 Å². The normalized spacial score (nSPS) is 14.3. The summed E-state index contributed by atoms with van der Waals surface area (Å²) in [6, 6.07) is 13.4. The number of rotatable bonds is 4. The van der Waals surface area contributed by atoms with Gasteiger partial charge in [-0.15, -0.1) is 11.3 Å². The van der Waals surface area contributed by atoms with Gasteiger partial charge in [0, 0.05) is 24.0 Å². The molecule has 7 nitrogen and oxygen atoms in total. The van der Waals surface area contributed by atoms with Crippen molar-refractivity contribution in [2.24, 2.45) is 0 Å². The zero-order chi connectivity index (χ0) is 18.2. The minimum atomic E-state index is -0.0737. The maximum Gasteiger partial charge on any atom is 0.273 e. The summed E-state index contributed by atoms with van der Waals surface area (Å²) < 4.78 is 10.6. The lowest BCUT2D eigenvalue weighted by Crippen LogP contribution is -2.48. The smallest absolute Gasteiger partial charge is 0.273 e. The number of aromatic nitrogens is 3. The molecule has 1 saturated heterocycles. The third kappa shape index (κ3) is 2.93. The molecule has 0 unspecified atom stereocenters. The summed E-state index contributed by atoms with van der Waals surface area (Å²) in [5.74, 6) is 1.47. The van der Waals surface area contributed by atoms with Gasteiger partial charge in [0.15, 0.2) is 5.76 Å². The Bertz CT molecular complexity index is 1070. The van der Waals surface area contributed by atoms with E-state index in [0.717, 1.165) is 10.6 Å². The van der Waals surface area contributed by atoms with Gasteiger partial charge in [0.1, 0.15) is 10.7 Å². The molecule has 1 amide bonds. The summed E-state index contributed by atoms with van der Waals surface area (Å²) >= 11 is 1.47. The Morgan fingerprint density at radius 3 is 2.74 bits per heavy atom. The van der Waals surface area contributed by atoms with Crippen LogP contribution in [0.2, 0.25) is 0 Å². The van der Waals surface area contributed by atoms with Crippen molar-refractivity contribution in [2.75, 3.05) is 13.1 Å². The van der Waals surface area contributed by atoms with E-state index in [9.17, 15) is 4.79 Å². The Labute approximate surface area is 158 Å². The largest absolute Gasteiger partial charge is 0.461 e. The highest BCUT2D eigenvalue weighted by atomic mass is 32.1. The van der Waals surface area contributed by atoms with E-state index in [1.165, 1.54) is 11.3 Å². The lowest BCUT2D eigenvalue weighted by Gasteiger charge is -2.36. The number of hydrogen-bond acceptors (Lipinski definition) is 7. The Morgan fingerprint density at radius 1 is 1.11 bits per heavy atom. The standard InChI is InChI=1S/C19H14N4O3S/c24-19(14-11-27-18(20-14)12-5-2-1-3-6-12)23-9-13(10-23)17-21-16(22-26-17)15-7-4-8-25-15/h1-8,11,13H,9-10H2. The highest BCUT2D eigenvalue weighted by Crippen LogP contribution is 2.30. The van der Waals surface area contributed by atoms with Crippen LogP contribution in [0.3, 0.4) is 0 Å². The minimum absolute atomic E-state index is 0.0393. The summed E-state index contributed by atoms with van der Waals surface area (Å²) in [5, 5.41) is 6.58. The third-order valence-electron chi connectivity index (χ3n) is 4.45. The number of likely N-dealkylation sites (tertiary alicyclic amines) is 1. The fraction of sp³-hybridized carbons (Fsp3) is 0.158. The molecule has 0 radical (unpaired) electrons. The van der Waals surface area contributed by atoms with Crippen LogP contribution < -0.4 is 0 Å². The molecular weight excluding hydrogens is 364 g/mol. The first-order valence-corrected chi connectivity index (χ1v) is 9.33. The Hall–Kier alpha value is -3.26. The fourth-order valence-corrected chi connectivity index (χ4v) is 3.75. The first-order valence-electron chi connectivity index (χ1n) is 8.45. The van der Waals surface area contributed by atoms with Crippen LogP contribution in [0.15, 0.2) is 63.0 Å². The number of benzene rings is 1. The molecule has 4 aromatic rings. The molecule has 0 spiro atoms. The number of hydrogen-bond donors (Lipinski definition) is 0. The van der Waals surface area contributed by atoms with Crippen LogP contribution in [0.25, 0.3) is 22.2 Å². The van der Waals surface area contributed by atoms with E-state index in [1.807, 2.05) is 30.3 Å². The third-order valence-corrected chi connectivity index (χ3v) is 5.34. The van der Waals surface area contributed by atoms with Crippen molar-refractivity contribution in [2.45, 2.75) is 5.92 Å². The first kappa shape index (κ1) is 16.0. The van der Waals surface area contributed by atoms with Gasteiger partial charge in [-0.3, -0.25) is 4.79 Å². The maximum atomic E-state index is 12.6. The summed E-state index contributed by atoms with van der Waals surface area (Å²) in [6.07, 6.45) is 1.56.